The molecule has 112 valence electrons. The van der Waals surface area contributed by atoms with Gasteiger partial charge in [-0.15, -0.1) is 0 Å². The molecule has 2 aromatic rings. The Morgan fingerprint density at radius 1 is 0.952 bits per heavy atom. The molecule has 21 heavy (non-hydrogen) atoms. The number of methoxy groups -OCH3 is 1. The van der Waals surface area contributed by atoms with Gasteiger partial charge in [-0.05, 0) is 30.8 Å². The number of nitrogens with one attached hydrogen (secondary N) is 1. The number of halogens is 4. The van der Waals surface area contributed by atoms with E-state index in [1.807, 2.05) is 0 Å². The van der Waals surface area contributed by atoms with Crippen LogP contribution >= 0.6 is 46.4 Å². The Balaban J connectivity index is 2.60. The van der Waals surface area contributed by atoms with Crippen LogP contribution in [-0.2, 0) is 0 Å². The van der Waals surface area contributed by atoms with E-state index >= 15 is 0 Å². The van der Waals surface area contributed by atoms with Gasteiger partial charge in [0.15, 0.2) is 0 Å². The zero-order chi connectivity index (χ0) is 15.6. The van der Waals surface area contributed by atoms with Crippen LogP contribution in [-0.4, -0.2) is 14.2 Å². The van der Waals surface area contributed by atoms with Crippen LogP contribution in [0.2, 0.25) is 20.1 Å². The van der Waals surface area contributed by atoms with Crippen LogP contribution in [0.1, 0.15) is 17.2 Å². The minimum atomic E-state index is -0.276. The molecule has 0 aliphatic heterocycles. The Bertz CT molecular complexity index is 640. The Morgan fingerprint density at radius 2 is 1.57 bits per heavy atom. The highest BCUT2D eigenvalue weighted by molar-refractivity contribution is 6.36. The minimum absolute atomic E-state index is 0.276. The molecule has 0 saturated carbocycles. The predicted molar refractivity (Wildman–Crippen MR) is 90.4 cm³/mol. The molecule has 0 aromatic heterocycles. The highest BCUT2D eigenvalue weighted by Crippen LogP contribution is 2.40. The lowest BCUT2D eigenvalue weighted by Crippen LogP contribution is -2.19. The van der Waals surface area contributed by atoms with E-state index in [1.165, 1.54) is 7.11 Å². The molecule has 2 nitrogen and oxygen atoms in total. The molecule has 0 heterocycles. The first-order valence-corrected chi connectivity index (χ1v) is 7.64. The molecule has 0 bridgehead atoms. The van der Waals surface area contributed by atoms with E-state index in [9.17, 15) is 0 Å². The second-order valence-electron chi connectivity index (χ2n) is 4.37. The summed E-state index contributed by atoms with van der Waals surface area (Å²) in [5.74, 6) is 0.519. The van der Waals surface area contributed by atoms with Crippen LogP contribution in [0, 0.1) is 0 Å². The number of benzene rings is 2. The van der Waals surface area contributed by atoms with Crippen molar-refractivity contribution < 1.29 is 4.74 Å². The molecule has 0 fully saturated rings. The molecule has 0 aliphatic rings. The van der Waals surface area contributed by atoms with Gasteiger partial charge in [0.2, 0.25) is 0 Å². The van der Waals surface area contributed by atoms with Crippen molar-refractivity contribution >= 4 is 46.4 Å². The van der Waals surface area contributed by atoms with E-state index in [-0.39, 0.29) is 6.04 Å². The first-order valence-electron chi connectivity index (χ1n) is 6.13. The van der Waals surface area contributed by atoms with Crippen molar-refractivity contribution in [3.63, 3.8) is 0 Å². The minimum Gasteiger partial charge on any atom is -0.495 e. The number of hydrogen-bond donors (Lipinski definition) is 1. The molecule has 0 spiro atoms. The molecule has 1 atom stereocenters. The lowest BCUT2D eigenvalue weighted by molar-refractivity contribution is 0.415. The van der Waals surface area contributed by atoms with Crippen molar-refractivity contribution in [3.8, 4) is 5.75 Å². The zero-order valence-corrected chi connectivity index (χ0v) is 14.4. The van der Waals surface area contributed by atoms with Crippen molar-refractivity contribution in [3.05, 3.63) is 61.5 Å². The van der Waals surface area contributed by atoms with Gasteiger partial charge < -0.3 is 10.1 Å². The van der Waals surface area contributed by atoms with Crippen molar-refractivity contribution in [2.45, 2.75) is 6.04 Å². The molecule has 1 unspecified atom stereocenters. The first kappa shape index (κ1) is 16.7. The van der Waals surface area contributed by atoms with Crippen LogP contribution in [0.3, 0.4) is 0 Å². The average molecular weight is 365 g/mol. The van der Waals surface area contributed by atoms with Crippen molar-refractivity contribution in [2.75, 3.05) is 14.2 Å². The Kier molecular flexibility index (Phi) is 5.64. The highest BCUT2D eigenvalue weighted by Gasteiger charge is 2.22. The molecular weight excluding hydrogens is 352 g/mol. The van der Waals surface area contributed by atoms with Gasteiger partial charge in [-0.25, -0.2) is 0 Å². The number of hydrogen-bond acceptors (Lipinski definition) is 2. The van der Waals surface area contributed by atoms with Gasteiger partial charge in [-0.2, -0.15) is 0 Å². The first-order chi connectivity index (χ1) is 9.99. The summed E-state index contributed by atoms with van der Waals surface area (Å²) in [6.07, 6.45) is 0. The molecular formula is C15H13Cl4NO. The van der Waals surface area contributed by atoms with Gasteiger partial charge >= 0.3 is 0 Å². The lowest BCUT2D eigenvalue weighted by Gasteiger charge is -2.22. The van der Waals surface area contributed by atoms with Crippen LogP contribution in [0.25, 0.3) is 0 Å². The fourth-order valence-electron chi connectivity index (χ4n) is 2.16. The summed E-state index contributed by atoms with van der Waals surface area (Å²) >= 11 is 25.1. The molecule has 1 N–H and O–H groups in total. The summed E-state index contributed by atoms with van der Waals surface area (Å²) in [6.45, 7) is 0. The van der Waals surface area contributed by atoms with Crippen LogP contribution in [0.5, 0.6) is 5.75 Å². The average Bonchev–Trinajstić information content (AvgIpc) is 2.45. The van der Waals surface area contributed by atoms with Gasteiger partial charge in [0, 0.05) is 26.7 Å². The molecule has 0 aliphatic carbocycles. The lowest BCUT2D eigenvalue weighted by atomic mass is 9.98. The van der Waals surface area contributed by atoms with Crippen LogP contribution in [0.15, 0.2) is 30.3 Å². The van der Waals surface area contributed by atoms with Crippen molar-refractivity contribution in [1.82, 2.24) is 5.32 Å². The Morgan fingerprint density at radius 3 is 2.10 bits per heavy atom. The van der Waals surface area contributed by atoms with Gasteiger partial charge in [-0.3, -0.25) is 0 Å². The zero-order valence-electron chi connectivity index (χ0n) is 11.4. The predicted octanol–water partition coefficient (Wildman–Crippen LogP) is 5.62. The second kappa shape index (κ2) is 7.08. The highest BCUT2D eigenvalue weighted by atomic mass is 35.5. The third-order valence-corrected chi connectivity index (χ3v) is 4.44. The molecule has 2 rings (SSSR count). The molecule has 0 amide bonds. The summed E-state index contributed by atoms with van der Waals surface area (Å²) in [7, 11) is 3.34. The van der Waals surface area contributed by atoms with E-state index in [1.54, 1.807) is 37.4 Å². The molecule has 0 radical (unpaired) electrons. The van der Waals surface area contributed by atoms with Gasteiger partial charge in [0.25, 0.3) is 0 Å². The topological polar surface area (TPSA) is 21.3 Å². The third-order valence-electron chi connectivity index (χ3n) is 3.16. The monoisotopic (exact) mass is 363 g/mol. The smallest absolute Gasteiger partial charge is 0.138 e. The standard InChI is InChI=1S/C15H13Cl4NO/c1-20-15(14-9(16)4-3-5-10(14)17)8-6-12(19)13(21-2)7-11(8)18/h3-7,15,20H,1-2H3. The SMILES string of the molecule is CNC(c1cc(Cl)c(OC)cc1Cl)c1c(Cl)cccc1Cl. The van der Waals surface area contributed by atoms with E-state index in [4.69, 9.17) is 51.1 Å². The fourth-order valence-corrected chi connectivity index (χ4v) is 3.29. The summed E-state index contributed by atoms with van der Waals surface area (Å²) < 4.78 is 5.16. The van der Waals surface area contributed by atoms with Crippen LogP contribution in [0.4, 0.5) is 0 Å². The maximum absolute atomic E-state index is 6.34. The Hall–Kier alpha value is -0.640. The summed E-state index contributed by atoms with van der Waals surface area (Å²) in [6, 6.07) is 8.52. The van der Waals surface area contributed by atoms with Gasteiger partial charge in [0.05, 0.1) is 18.2 Å². The van der Waals surface area contributed by atoms with Crippen LogP contribution < -0.4 is 10.1 Å². The fraction of sp³-hybridized carbons (Fsp3) is 0.200. The van der Waals surface area contributed by atoms with Crippen molar-refractivity contribution in [2.24, 2.45) is 0 Å². The van der Waals surface area contributed by atoms with Gasteiger partial charge in [-0.1, -0.05) is 52.5 Å². The Labute approximate surface area is 143 Å². The van der Waals surface area contributed by atoms with Gasteiger partial charge in [0.1, 0.15) is 5.75 Å². The quantitative estimate of drug-likeness (QED) is 0.760. The second-order valence-corrected chi connectivity index (χ2v) is 5.99. The van der Waals surface area contributed by atoms with Crippen molar-refractivity contribution in [1.29, 1.82) is 0 Å². The van der Waals surface area contributed by atoms with E-state index in [2.05, 4.69) is 5.32 Å². The maximum atomic E-state index is 6.34. The summed E-state index contributed by atoms with van der Waals surface area (Å²) in [5, 5.41) is 5.28. The van der Waals surface area contributed by atoms with E-state index in [0.717, 1.165) is 11.1 Å². The van der Waals surface area contributed by atoms with E-state index in [0.29, 0.717) is 25.8 Å². The van der Waals surface area contributed by atoms with E-state index < -0.39 is 0 Å². The normalized spacial score (nSPS) is 12.3. The maximum Gasteiger partial charge on any atom is 0.138 e. The summed E-state index contributed by atoms with van der Waals surface area (Å²) in [5.41, 5.74) is 1.53. The number of rotatable bonds is 4. The third kappa shape index (κ3) is 3.41. The summed E-state index contributed by atoms with van der Waals surface area (Å²) in [4.78, 5) is 0. The molecule has 6 heteroatoms. The molecule has 0 saturated heterocycles. The molecule has 2 aromatic carbocycles. The largest absolute Gasteiger partial charge is 0.495 e. The number of ether oxygens (including phenoxy) is 1.